The second kappa shape index (κ2) is 8.98. The average Bonchev–Trinajstić information content (AvgIpc) is 3.27. The molecule has 12 heteroatoms. The van der Waals surface area contributed by atoms with E-state index in [0.29, 0.717) is 10.4 Å². The number of hydrogen-bond donors (Lipinski definition) is 3. The van der Waals surface area contributed by atoms with E-state index in [9.17, 15) is 18.0 Å². The van der Waals surface area contributed by atoms with Gasteiger partial charge in [-0.25, -0.2) is 22.9 Å². The van der Waals surface area contributed by atoms with Crippen LogP contribution in [0.1, 0.15) is 29.1 Å². The molecule has 2 aromatic heterocycles. The highest BCUT2D eigenvalue weighted by atomic mass is 32.2. The number of rotatable bonds is 8. The Morgan fingerprint density at radius 2 is 1.80 bits per heavy atom. The lowest BCUT2D eigenvalue weighted by Crippen LogP contribution is -2.30. The van der Waals surface area contributed by atoms with Crippen molar-refractivity contribution in [2.24, 2.45) is 5.73 Å². The highest BCUT2D eigenvalue weighted by molar-refractivity contribution is 7.90. The minimum Gasteiger partial charge on any atom is -0.352 e. The first kappa shape index (κ1) is 22.0. The van der Waals surface area contributed by atoms with Crippen LogP contribution >= 0.6 is 22.7 Å². The molecule has 3 aromatic rings. The minimum absolute atomic E-state index is 0.0565. The molecule has 0 atom stereocenters. The molecule has 3 amide bonds. The zero-order chi connectivity index (χ0) is 21.9. The molecule has 0 aliphatic carbocycles. The number of thiazole rings is 1. The number of primary amides is 1. The van der Waals surface area contributed by atoms with Crippen LogP contribution in [0.15, 0.2) is 35.2 Å². The maximum absolute atomic E-state index is 12.5. The van der Waals surface area contributed by atoms with Gasteiger partial charge in [-0.05, 0) is 37.6 Å². The fourth-order valence-corrected chi connectivity index (χ4v) is 5.94. The molecule has 3 rings (SSSR count). The van der Waals surface area contributed by atoms with Gasteiger partial charge in [0.05, 0.1) is 14.5 Å². The Labute approximate surface area is 182 Å². The molecular formula is C18H21N5O4S3. The molecule has 0 spiro atoms. The molecular weight excluding hydrogens is 446 g/mol. The summed E-state index contributed by atoms with van der Waals surface area (Å²) in [6, 6.07) is 6.78. The van der Waals surface area contributed by atoms with Gasteiger partial charge in [-0.15, -0.1) is 11.3 Å². The van der Waals surface area contributed by atoms with Crippen molar-refractivity contribution in [1.29, 1.82) is 0 Å². The summed E-state index contributed by atoms with van der Waals surface area (Å²) < 4.78 is 28.0. The highest BCUT2D eigenvalue weighted by Gasteiger charge is 2.22. The summed E-state index contributed by atoms with van der Waals surface area (Å²) in [4.78, 5) is 30.8. The quantitative estimate of drug-likeness (QED) is 0.466. The van der Waals surface area contributed by atoms with E-state index in [-0.39, 0.29) is 16.3 Å². The number of carbonyl (C=O) groups is 2. The Bertz CT molecular complexity index is 1130. The van der Waals surface area contributed by atoms with E-state index in [4.69, 9.17) is 5.73 Å². The molecule has 0 fully saturated rings. The summed E-state index contributed by atoms with van der Waals surface area (Å²) in [7, 11) is -4.04. The molecule has 0 aliphatic heterocycles. The van der Waals surface area contributed by atoms with E-state index in [1.165, 1.54) is 35.6 Å². The molecule has 0 radical (unpaired) electrons. The lowest BCUT2D eigenvalue weighted by molar-refractivity contribution is 0.0985. The predicted molar refractivity (Wildman–Crippen MR) is 119 cm³/mol. The molecule has 9 nitrogen and oxygen atoms in total. The van der Waals surface area contributed by atoms with Gasteiger partial charge in [0.15, 0.2) is 5.13 Å². The third kappa shape index (κ3) is 4.89. The van der Waals surface area contributed by atoms with Gasteiger partial charge in [-0.2, -0.15) is 0 Å². The first-order valence-electron chi connectivity index (χ1n) is 9.08. The van der Waals surface area contributed by atoms with Gasteiger partial charge in [0, 0.05) is 19.6 Å². The Morgan fingerprint density at radius 3 is 2.37 bits per heavy atom. The van der Waals surface area contributed by atoms with Crippen molar-refractivity contribution >= 4 is 59.3 Å². The first-order valence-corrected chi connectivity index (χ1v) is 12.2. The van der Waals surface area contributed by atoms with Crippen LogP contribution in [0.2, 0.25) is 0 Å². The number of hydrogen-bond acceptors (Lipinski definition) is 8. The number of fused-ring (bicyclic) bond motifs is 1. The average molecular weight is 468 g/mol. The summed E-state index contributed by atoms with van der Waals surface area (Å²) in [6.45, 7) is 5.93. The molecule has 1 aromatic carbocycles. The minimum atomic E-state index is -4.04. The third-order valence-corrected chi connectivity index (χ3v) is 7.83. The van der Waals surface area contributed by atoms with Crippen LogP contribution in [0.25, 0.3) is 9.53 Å². The molecule has 0 aliphatic rings. The fourth-order valence-electron chi connectivity index (χ4n) is 2.67. The van der Waals surface area contributed by atoms with E-state index < -0.39 is 22.0 Å². The predicted octanol–water partition coefficient (Wildman–Crippen LogP) is 2.49. The van der Waals surface area contributed by atoms with E-state index in [1.54, 1.807) is 6.07 Å². The van der Waals surface area contributed by atoms with Crippen LogP contribution in [0.5, 0.6) is 0 Å². The highest BCUT2D eigenvalue weighted by Crippen LogP contribution is 2.34. The smallest absolute Gasteiger partial charge is 0.312 e. The van der Waals surface area contributed by atoms with Crippen molar-refractivity contribution < 1.29 is 18.0 Å². The number of nitrogens with zero attached hydrogens (tertiary/aromatic N) is 2. The Balaban J connectivity index is 1.72. The maximum Gasteiger partial charge on any atom is 0.312 e. The number of thiophene rings is 1. The van der Waals surface area contributed by atoms with Crippen LogP contribution in [0, 0.1) is 0 Å². The molecule has 30 heavy (non-hydrogen) atoms. The number of nitrogens with one attached hydrogen (secondary N) is 2. The number of urea groups is 1. The normalized spacial score (nSPS) is 11.4. The van der Waals surface area contributed by atoms with Crippen LogP contribution in [-0.2, 0) is 16.6 Å². The van der Waals surface area contributed by atoms with Gasteiger partial charge in [0.1, 0.15) is 4.83 Å². The SMILES string of the molecule is CCN(CC)c1nc2sc(C(=O)NS(=O)(=O)c3ccc(CNC(N)=O)cc3)cc2s1. The molecule has 0 unspecified atom stereocenters. The van der Waals surface area contributed by atoms with Crippen molar-refractivity contribution in [2.45, 2.75) is 25.3 Å². The monoisotopic (exact) mass is 467 g/mol. The number of sulfonamides is 1. The van der Waals surface area contributed by atoms with E-state index in [1.807, 2.05) is 13.8 Å². The molecule has 160 valence electrons. The summed E-state index contributed by atoms with van der Waals surface area (Å²) in [5.74, 6) is -0.700. The number of nitrogens with two attached hydrogens (primary N) is 1. The Hall–Kier alpha value is -2.70. The summed E-state index contributed by atoms with van der Waals surface area (Å²) in [5, 5.41) is 3.30. The zero-order valence-electron chi connectivity index (χ0n) is 16.3. The first-order chi connectivity index (χ1) is 14.2. The van der Waals surface area contributed by atoms with Crippen molar-refractivity contribution in [1.82, 2.24) is 15.0 Å². The number of aromatic nitrogens is 1. The standard InChI is InChI=1S/C18H21N5O4S3/c1-3-23(4-2)18-21-16-14(29-18)9-13(28-16)15(24)22-30(26,27)12-7-5-11(6-8-12)10-20-17(19)25/h5-9H,3-4,10H2,1-2H3,(H,22,24)(H3,19,20,25). The second-order valence-electron chi connectivity index (χ2n) is 6.25. The van der Waals surface area contributed by atoms with Crippen molar-refractivity contribution in [3.8, 4) is 0 Å². The van der Waals surface area contributed by atoms with Crippen molar-refractivity contribution in [2.75, 3.05) is 18.0 Å². The summed E-state index contributed by atoms with van der Waals surface area (Å²) in [6.07, 6.45) is 0. The van der Waals surface area contributed by atoms with Gasteiger partial charge < -0.3 is 16.0 Å². The molecule has 0 bridgehead atoms. The van der Waals surface area contributed by atoms with Gasteiger partial charge in [0.2, 0.25) is 0 Å². The summed E-state index contributed by atoms with van der Waals surface area (Å²) >= 11 is 2.63. The van der Waals surface area contributed by atoms with Crippen LogP contribution in [-0.4, -0.2) is 38.4 Å². The molecule has 2 heterocycles. The lowest BCUT2D eigenvalue weighted by Gasteiger charge is -2.16. The number of carbonyl (C=O) groups excluding carboxylic acids is 2. The largest absolute Gasteiger partial charge is 0.352 e. The zero-order valence-corrected chi connectivity index (χ0v) is 18.8. The van der Waals surface area contributed by atoms with Gasteiger partial charge in [0.25, 0.3) is 15.9 Å². The van der Waals surface area contributed by atoms with Gasteiger partial charge in [-0.3, -0.25) is 4.79 Å². The maximum atomic E-state index is 12.5. The molecule has 0 saturated carbocycles. The number of benzene rings is 1. The lowest BCUT2D eigenvalue weighted by atomic mass is 10.2. The Morgan fingerprint density at radius 1 is 1.13 bits per heavy atom. The van der Waals surface area contributed by atoms with E-state index in [2.05, 4.69) is 19.9 Å². The fraction of sp³-hybridized carbons (Fsp3) is 0.278. The topological polar surface area (TPSA) is 134 Å². The second-order valence-corrected chi connectivity index (χ2v) is 9.97. The number of anilines is 1. The number of amides is 3. The van der Waals surface area contributed by atoms with Crippen LogP contribution in [0.3, 0.4) is 0 Å². The van der Waals surface area contributed by atoms with Crippen molar-refractivity contribution in [3.63, 3.8) is 0 Å². The van der Waals surface area contributed by atoms with Crippen LogP contribution in [0.4, 0.5) is 9.93 Å². The third-order valence-electron chi connectivity index (χ3n) is 4.26. The van der Waals surface area contributed by atoms with Gasteiger partial charge >= 0.3 is 6.03 Å². The molecule has 0 saturated heterocycles. The van der Waals surface area contributed by atoms with Gasteiger partial charge in [-0.1, -0.05) is 23.5 Å². The molecule has 4 N–H and O–H groups in total. The van der Waals surface area contributed by atoms with Crippen molar-refractivity contribution in [3.05, 3.63) is 40.8 Å². The van der Waals surface area contributed by atoms with E-state index >= 15 is 0 Å². The van der Waals surface area contributed by atoms with Crippen LogP contribution < -0.4 is 20.7 Å². The van der Waals surface area contributed by atoms with E-state index in [0.717, 1.165) is 34.3 Å². The summed E-state index contributed by atoms with van der Waals surface area (Å²) in [5.41, 5.74) is 5.68. The Kier molecular flexibility index (Phi) is 6.58.